The topological polar surface area (TPSA) is 70.2 Å². The van der Waals surface area contributed by atoms with Crippen molar-refractivity contribution in [1.29, 1.82) is 0 Å². The van der Waals surface area contributed by atoms with Crippen molar-refractivity contribution in [3.8, 4) is 17.9 Å². The summed E-state index contributed by atoms with van der Waals surface area (Å²) in [6.45, 7) is 2.48. The number of hydrogen-bond donors (Lipinski definition) is 0. The van der Waals surface area contributed by atoms with Crippen LogP contribution in [0.3, 0.4) is 0 Å². The summed E-state index contributed by atoms with van der Waals surface area (Å²) in [5, 5.41) is 10.9. The second-order valence-electron chi connectivity index (χ2n) is 4.41. The molecule has 1 unspecified atom stereocenters. The summed E-state index contributed by atoms with van der Waals surface area (Å²) < 4.78 is 7.07. The molecule has 0 radical (unpaired) electrons. The molecule has 1 aliphatic heterocycles. The van der Waals surface area contributed by atoms with Gasteiger partial charge in [-0.2, -0.15) is 0 Å². The minimum Gasteiger partial charge on any atom is -0.441 e. The third-order valence-electron chi connectivity index (χ3n) is 2.81. The van der Waals surface area contributed by atoms with Crippen LogP contribution in [-0.4, -0.2) is 20.6 Å². The molecule has 6 heteroatoms. The Bertz CT molecular complexity index is 548. The summed E-state index contributed by atoms with van der Waals surface area (Å²) >= 11 is 0. The minimum atomic E-state index is -0.504. The third-order valence-corrected chi connectivity index (χ3v) is 2.81. The predicted molar refractivity (Wildman–Crippen MR) is 58.6 cm³/mol. The highest BCUT2D eigenvalue weighted by molar-refractivity contribution is 5.46. The van der Waals surface area contributed by atoms with Gasteiger partial charge in [-0.25, -0.2) is 0 Å². The van der Waals surface area contributed by atoms with Crippen LogP contribution in [0.25, 0.3) is 0 Å². The molecule has 88 valence electrons. The molecule has 0 bridgehead atoms. The molecule has 1 fully saturated rings. The second kappa shape index (κ2) is 3.48. The molecule has 1 aliphatic carbocycles. The van der Waals surface area contributed by atoms with Crippen LogP contribution in [-0.2, 0) is 6.54 Å². The van der Waals surface area contributed by atoms with E-state index in [4.69, 9.17) is 4.74 Å². The van der Waals surface area contributed by atoms with Gasteiger partial charge in [0.05, 0.1) is 6.54 Å². The van der Waals surface area contributed by atoms with Crippen molar-refractivity contribution in [3.05, 3.63) is 15.8 Å². The molecular weight excluding hydrogens is 222 g/mol. The van der Waals surface area contributed by atoms with Crippen LogP contribution in [0.1, 0.15) is 25.5 Å². The van der Waals surface area contributed by atoms with Crippen LogP contribution in [0.4, 0.5) is 5.82 Å². The lowest BCUT2D eigenvalue weighted by molar-refractivity contribution is -0.389. The normalized spacial score (nSPS) is 21.4. The number of aromatic nitrogens is 2. The van der Waals surface area contributed by atoms with Gasteiger partial charge >= 0.3 is 11.8 Å². The first-order chi connectivity index (χ1) is 8.15. The summed E-state index contributed by atoms with van der Waals surface area (Å²) in [7, 11) is 0. The SMILES string of the molecule is CC1Cn2c(nc([N+](=O)[O-])c2C#CC2CC2)O1. The van der Waals surface area contributed by atoms with Crippen LogP contribution < -0.4 is 4.74 Å². The van der Waals surface area contributed by atoms with Gasteiger partial charge in [0.15, 0.2) is 5.69 Å². The molecule has 0 saturated heterocycles. The summed E-state index contributed by atoms with van der Waals surface area (Å²) in [5.74, 6) is 6.12. The fourth-order valence-electron chi connectivity index (χ4n) is 1.80. The zero-order chi connectivity index (χ0) is 12.0. The van der Waals surface area contributed by atoms with Gasteiger partial charge in [0, 0.05) is 10.9 Å². The maximum Gasteiger partial charge on any atom is 0.415 e. The third kappa shape index (κ3) is 1.73. The highest BCUT2D eigenvalue weighted by Gasteiger charge is 2.34. The van der Waals surface area contributed by atoms with Crippen molar-refractivity contribution in [2.24, 2.45) is 5.92 Å². The van der Waals surface area contributed by atoms with E-state index in [-0.39, 0.29) is 11.9 Å². The quantitative estimate of drug-likeness (QED) is 0.417. The molecule has 6 nitrogen and oxygen atoms in total. The van der Waals surface area contributed by atoms with Gasteiger partial charge in [-0.15, -0.1) is 0 Å². The van der Waals surface area contributed by atoms with E-state index in [1.54, 1.807) is 4.57 Å². The van der Waals surface area contributed by atoms with E-state index in [1.807, 2.05) is 6.92 Å². The van der Waals surface area contributed by atoms with E-state index in [0.717, 1.165) is 12.8 Å². The molecule has 0 N–H and O–H groups in total. The van der Waals surface area contributed by atoms with Crippen LogP contribution in [0.2, 0.25) is 0 Å². The fourth-order valence-corrected chi connectivity index (χ4v) is 1.80. The van der Waals surface area contributed by atoms with Gasteiger partial charge in [0.25, 0.3) is 0 Å². The molecule has 0 amide bonds. The van der Waals surface area contributed by atoms with E-state index in [0.29, 0.717) is 24.2 Å². The molecule has 0 spiro atoms. The zero-order valence-corrected chi connectivity index (χ0v) is 9.34. The standard InChI is InChI=1S/C11H11N3O3/c1-7-6-13-9(5-4-8-2-3-8)10(14(15)16)12-11(13)17-7/h7-8H,2-3,6H2,1H3. The molecule has 1 aromatic heterocycles. The smallest absolute Gasteiger partial charge is 0.415 e. The Morgan fingerprint density at radius 2 is 2.35 bits per heavy atom. The van der Waals surface area contributed by atoms with Crippen LogP contribution >= 0.6 is 0 Å². The minimum absolute atomic E-state index is 0.000205. The lowest BCUT2D eigenvalue weighted by Crippen LogP contribution is -2.10. The number of nitro groups is 1. The van der Waals surface area contributed by atoms with Crippen LogP contribution in [0.15, 0.2) is 0 Å². The maximum absolute atomic E-state index is 10.9. The maximum atomic E-state index is 10.9. The summed E-state index contributed by atoms with van der Waals surface area (Å²) in [6.07, 6.45) is 2.18. The van der Waals surface area contributed by atoms with Crippen molar-refractivity contribution in [3.63, 3.8) is 0 Å². The van der Waals surface area contributed by atoms with Crippen molar-refractivity contribution >= 4 is 5.82 Å². The van der Waals surface area contributed by atoms with Crippen molar-refractivity contribution in [2.45, 2.75) is 32.4 Å². The van der Waals surface area contributed by atoms with Crippen LogP contribution in [0.5, 0.6) is 6.01 Å². The van der Waals surface area contributed by atoms with Gasteiger partial charge in [0.1, 0.15) is 6.10 Å². The van der Waals surface area contributed by atoms with E-state index < -0.39 is 4.92 Å². The van der Waals surface area contributed by atoms with Gasteiger partial charge in [0.2, 0.25) is 0 Å². The number of ether oxygens (including phenoxy) is 1. The van der Waals surface area contributed by atoms with Gasteiger partial charge in [-0.3, -0.25) is 4.57 Å². The fraction of sp³-hybridized carbons (Fsp3) is 0.545. The Hall–Kier alpha value is -2.03. The van der Waals surface area contributed by atoms with E-state index in [1.165, 1.54) is 0 Å². The number of nitrogens with zero attached hydrogens (tertiary/aromatic N) is 3. The molecule has 1 saturated carbocycles. The van der Waals surface area contributed by atoms with Gasteiger partial charge < -0.3 is 14.9 Å². The lowest BCUT2D eigenvalue weighted by Gasteiger charge is -1.98. The number of hydrogen-bond acceptors (Lipinski definition) is 4. The Balaban J connectivity index is 2.04. The highest BCUT2D eigenvalue weighted by Crippen LogP contribution is 2.31. The molecule has 0 aromatic carbocycles. The number of rotatable bonds is 1. The van der Waals surface area contributed by atoms with E-state index in [9.17, 15) is 10.1 Å². The van der Waals surface area contributed by atoms with Crippen LogP contribution in [0, 0.1) is 27.9 Å². The van der Waals surface area contributed by atoms with Gasteiger partial charge in [-0.1, -0.05) is 5.92 Å². The number of imidazole rings is 1. The Morgan fingerprint density at radius 1 is 1.59 bits per heavy atom. The summed E-state index contributed by atoms with van der Waals surface area (Å²) in [6, 6.07) is 0.310. The van der Waals surface area contributed by atoms with E-state index >= 15 is 0 Å². The van der Waals surface area contributed by atoms with Crippen molar-refractivity contribution in [2.75, 3.05) is 0 Å². The Kier molecular flexibility index (Phi) is 2.08. The molecule has 1 aromatic rings. The predicted octanol–water partition coefficient (Wildman–Crippen LogP) is 1.33. The molecule has 17 heavy (non-hydrogen) atoms. The molecular formula is C11H11N3O3. The highest BCUT2D eigenvalue weighted by atomic mass is 16.6. The van der Waals surface area contributed by atoms with Crippen molar-refractivity contribution < 1.29 is 9.66 Å². The molecule has 3 rings (SSSR count). The average molecular weight is 233 g/mol. The first-order valence-corrected chi connectivity index (χ1v) is 5.58. The zero-order valence-electron chi connectivity index (χ0n) is 9.34. The lowest BCUT2D eigenvalue weighted by atomic mass is 10.3. The monoisotopic (exact) mass is 233 g/mol. The second-order valence-corrected chi connectivity index (χ2v) is 4.41. The summed E-state index contributed by atoms with van der Waals surface area (Å²) in [4.78, 5) is 14.3. The average Bonchev–Trinajstić information content (AvgIpc) is 2.92. The molecule has 2 aliphatic rings. The van der Waals surface area contributed by atoms with Gasteiger partial charge in [-0.05, 0) is 30.6 Å². The first kappa shape index (κ1) is 10.1. The molecule has 1 atom stereocenters. The first-order valence-electron chi connectivity index (χ1n) is 5.58. The number of fused-ring (bicyclic) bond motifs is 1. The molecule has 2 heterocycles. The largest absolute Gasteiger partial charge is 0.441 e. The Morgan fingerprint density at radius 3 is 3.00 bits per heavy atom. The Labute approximate surface area is 97.7 Å². The van der Waals surface area contributed by atoms with E-state index in [2.05, 4.69) is 16.8 Å². The van der Waals surface area contributed by atoms with Crippen molar-refractivity contribution in [1.82, 2.24) is 9.55 Å². The summed E-state index contributed by atoms with van der Waals surface area (Å²) in [5.41, 5.74) is 0.376.